The third-order valence-electron chi connectivity index (χ3n) is 23.9. The lowest BCUT2D eigenvalue weighted by molar-refractivity contribution is -0.428. The van der Waals surface area contributed by atoms with Crippen LogP contribution in [0, 0.1) is 44.4 Å². The molecule has 6 heterocycles. The number of hydrogen-bond acceptors (Lipinski definition) is 18. The molecule has 0 saturated carbocycles. The highest BCUT2D eigenvalue weighted by Gasteiger charge is 2.39. The highest BCUT2D eigenvalue weighted by atomic mass is 79.9. The molecule has 0 aliphatic carbocycles. The highest BCUT2D eigenvalue weighted by molar-refractivity contribution is 9.10. The molecule has 0 spiro atoms. The van der Waals surface area contributed by atoms with Crippen molar-refractivity contribution in [2.45, 2.75) is 180 Å². The molecule has 4 saturated heterocycles. The average molecular weight is 2000 g/mol. The number of ether oxygens (including phenoxy) is 2. The van der Waals surface area contributed by atoms with Gasteiger partial charge >= 0.3 is 36.4 Å². The van der Waals surface area contributed by atoms with E-state index >= 15 is 0 Å². The molecule has 0 radical (unpaired) electrons. The number of para-hydroxylation sites is 2. The number of alkyl halides is 9. The van der Waals surface area contributed by atoms with Crippen molar-refractivity contribution in [3.05, 3.63) is 211 Å². The molecule has 23 nitrogen and oxygen atoms in total. The normalized spacial score (nSPS) is 16.9. The Morgan fingerprint density at radius 1 is 0.554 bits per heavy atom. The third kappa shape index (κ3) is 33.8. The summed E-state index contributed by atoms with van der Waals surface area (Å²) in [6.45, 7) is 22.5. The van der Waals surface area contributed by atoms with Crippen LogP contribution >= 0.6 is 44.3 Å². The van der Waals surface area contributed by atoms with Crippen LogP contribution < -0.4 is 16.2 Å². The maximum absolute atomic E-state index is 12.6. The Morgan fingerprint density at radius 2 is 0.946 bits per heavy atom. The minimum Gasteiger partial charge on any atom is -0.547 e. The lowest BCUT2D eigenvalue weighted by Crippen LogP contribution is -2.63. The minimum atomic E-state index is -4.16. The van der Waals surface area contributed by atoms with Crippen molar-refractivity contribution in [2.24, 2.45) is 23.7 Å². The molecule has 8 aromatic rings. The van der Waals surface area contributed by atoms with E-state index in [1.165, 1.54) is 92.6 Å². The number of aromatic nitrogens is 2. The topological polar surface area (TPSA) is 321 Å². The van der Waals surface area contributed by atoms with Gasteiger partial charge in [-0.1, -0.05) is 160 Å². The monoisotopic (exact) mass is 2000 g/mol. The summed E-state index contributed by atoms with van der Waals surface area (Å²) in [6, 6.07) is 44.4. The highest BCUT2D eigenvalue weighted by Crippen LogP contribution is 2.40. The number of carboxylic acids is 2. The maximum Gasteiger partial charge on any atom is 0.401 e. The molecule has 6 aromatic carbocycles. The average Bonchev–Trinajstić information content (AvgIpc) is 1.61. The summed E-state index contributed by atoms with van der Waals surface area (Å²) < 4.78 is 158. The predicted octanol–water partition coefficient (Wildman–Crippen LogP) is 16.8. The number of aliphatic hydroxyl groups is 2. The van der Waals surface area contributed by atoms with E-state index in [1.54, 1.807) is 61.5 Å². The summed E-state index contributed by atoms with van der Waals surface area (Å²) in [7, 11) is -1.41. The number of benzene rings is 6. The summed E-state index contributed by atoms with van der Waals surface area (Å²) in [6.07, 6.45) is -7.20. The summed E-state index contributed by atoms with van der Waals surface area (Å²) >= 11 is 6.77. The molecule has 718 valence electrons. The Bertz CT molecular complexity index is 5110. The van der Waals surface area contributed by atoms with E-state index in [-0.39, 0.29) is 64.7 Å². The number of rotatable bonds is 23. The molecule has 130 heavy (non-hydrogen) atoms. The van der Waals surface area contributed by atoms with Crippen LogP contribution in [0.2, 0.25) is 0 Å². The van der Waals surface area contributed by atoms with Gasteiger partial charge in [-0.05, 0) is 238 Å². The van der Waals surface area contributed by atoms with Gasteiger partial charge in [0.25, 0.3) is 10.1 Å². The largest absolute Gasteiger partial charge is 0.547 e. The number of nitrogens with zero attached hydrogens (tertiary/aromatic N) is 6. The number of nitrogens with one attached hydrogen (secondary N) is 1. The number of halogens is 12. The third-order valence-corrected chi connectivity index (χ3v) is 26.2. The van der Waals surface area contributed by atoms with Crippen LogP contribution in [-0.4, -0.2) is 222 Å². The van der Waals surface area contributed by atoms with E-state index < -0.39 is 90.8 Å². The van der Waals surface area contributed by atoms with Gasteiger partial charge in [0.15, 0.2) is 5.78 Å². The Balaban J connectivity index is 0.000000278. The van der Waals surface area contributed by atoms with Crippen molar-refractivity contribution in [1.82, 2.24) is 34.1 Å². The van der Waals surface area contributed by atoms with Gasteiger partial charge in [-0.3, -0.25) is 33.6 Å². The van der Waals surface area contributed by atoms with Crippen molar-refractivity contribution in [2.75, 3.05) is 99.4 Å². The summed E-state index contributed by atoms with van der Waals surface area (Å²) in [4.78, 5) is 76.1. The first-order valence-corrected chi connectivity index (χ1v) is 45.7. The van der Waals surface area contributed by atoms with Crippen LogP contribution in [0.3, 0.4) is 0 Å². The zero-order chi connectivity index (χ0) is 96.2. The Hall–Kier alpha value is -8.59. The number of methoxy groups -OCH3 is 2. The van der Waals surface area contributed by atoms with E-state index in [4.69, 9.17) is 14.4 Å². The second-order valence-corrected chi connectivity index (χ2v) is 36.0. The van der Waals surface area contributed by atoms with Crippen LogP contribution in [0.25, 0.3) is 27.4 Å². The number of carbonyl (C=O) groups excluding carboxylic acids is 5. The molecule has 4 aliphatic rings. The van der Waals surface area contributed by atoms with Gasteiger partial charge < -0.3 is 59.8 Å². The van der Waals surface area contributed by atoms with Crippen molar-refractivity contribution >= 4 is 117 Å². The smallest absolute Gasteiger partial charge is 0.401 e. The molecule has 1 unspecified atom stereocenters. The molecule has 36 heteroatoms. The number of carbonyl (C=O) groups is 6. The van der Waals surface area contributed by atoms with Crippen molar-refractivity contribution in [1.29, 1.82) is 0 Å². The van der Waals surface area contributed by atoms with Gasteiger partial charge in [0.1, 0.15) is 24.4 Å². The molecule has 2 aromatic heterocycles. The Labute approximate surface area is 777 Å². The quantitative estimate of drug-likeness (QED) is 0.00865. The number of allylic oxidation sites excluding steroid dienone is 1. The van der Waals surface area contributed by atoms with Crippen molar-refractivity contribution in [3.63, 3.8) is 0 Å². The van der Waals surface area contributed by atoms with Gasteiger partial charge in [0.05, 0.1) is 61.9 Å². The number of aliphatic carboxylic acids is 1. The summed E-state index contributed by atoms with van der Waals surface area (Å²) in [5.41, 5.74) is 12.0. The zero-order valence-electron chi connectivity index (χ0n) is 75.2. The number of esters is 2. The molecular formula is C94H122Br2ClF9N8O15S. The fourth-order valence-corrected chi connectivity index (χ4v) is 18.4. The predicted molar refractivity (Wildman–Crippen MR) is 490 cm³/mol. The molecule has 8 N–H and O–H groups in total. The molecule has 6 atom stereocenters. The molecule has 4 fully saturated rings. The van der Waals surface area contributed by atoms with E-state index in [9.17, 15) is 92.0 Å². The van der Waals surface area contributed by atoms with Crippen molar-refractivity contribution < 1.29 is 117 Å². The fraction of sp³-hybridized carbons (Fsp3) is 0.489. The number of aromatic carboxylic acids is 1. The van der Waals surface area contributed by atoms with Gasteiger partial charge in [0.2, 0.25) is 0 Å². The number of aryl methyl sites for hydroxylation is 1. The lowest BCUT2D eigenvalue weighted by atomic mass is 9.90. The number of fused-ring (bicyclic) bond motifs is 2. The second-order valence-electron chi connectivity index (χ2n) is 32.9. The number of quaternary nitrogens is 1. The van der Waals surface area contributed by atoms with Gasteiger partial charge in [-0.25, -0.2) is 9.59 Å². The van der Waals surface area contributed by atoms with Gasteiger partial charge in [0, 0.05) is 83.0 Å². The second kappa shape index (κ2) is 52.2. The summed E-state index contributed by atoms with van der Waals surface area (Å²) in [5.74, 6) is -3.21. The molecular weight excluding hydrogens is 1880 g/mol. The van der Waals surface area contributed by atoms with E-state index in [0.717, 1.165) is 48.1 Å². The number of likely N-dealkylation sites (tertiary alicyclic amines) is 4. The van der Waals surface area contributed by atoms with E-state index in [2.05, 4.69) is 77.9 Å². The number of hydrogen-bond donors (Lipinski definition) is 6. The number of carboxylic acid groups (broad SMARTS) is 2. The number of aliphatic hydroxyl groups excluding tert-OH is 2. The first-order valence-electron chi connectivity index (χ1n) is 42.7. The van der Waals surface area contributed by atoms with Crippen LogP contribution in [0.4, 0.5) is 39.5 Å². The molecule has 12 rings (SSSR count). The molecule has 4 aliphatic heterocycles. The van der Waals surface area contributed by atoms with Gasteiger partial charge in [-0.2, -0.15) is 47.9 Å². The van der Waals surface area contributed by atoms with Crippen molar-refractivity contribution in [3.8, 4) is 0 Å². The molecule has 0 bridgehead atoms. The standard InChI is InChI=1S/C20H26BrF3N2O2.C20H25F3N2O2.C19H23F3N2O2.C11H11BrO3.C9H20N2.C8H8O3.C7H8O3S.ClH/c1-13(15-8-10-26(11-9-15)12-20(22,23)24)25-14(2)18(19(27)28-3)16-6-4-5-7-17(16)21;1-13(15-7-9-24(10-8-15)12-20(21,22)23)25-14(2)19(18(27)11-26)16-5-3-4-6-17(16)25;1-12(14-7-9-23(10-8-14)11-19(20,21)22)24-13(2)17(18(25)26)15-5-3-4-6-16(15)24;1-7(13)10(11(14)15-2)8-5-3-4-6-9(8)12;1-3-11-6-4-9(5-7-11)8(2)10;9-7(8(10)11)6-4-2-1-3-5-6;1-6-2-4-7(5-3-6)11(8,9)10;/h4-7,13,15,25H,8-12H2,1-3H3;3-6,13,15,26H,7-12H2,1-2H3;3-6,12,14H,7-11H2,1-2H3,(H,25,26);3-6,10H,1-2H3;8-9H,3-7,10H2,1-2H3;1-5,7,9H,(H,10,11);2-5H,1H3,(H,8,9,10);1H/b18-14-;;;;;;;/t2*13-;12-;;8-;7-;;/m111.11../s1. The first-order chi connectivity index (χ1) is 60.6. The minimum absolute atomic E-state index is 0. The van der Waals surface area contributed by atoms with Gasteiger partial charge in [-0.15, -0.1) is 12.4 Å². The van der Waals surface area contributed by atoms with Crippen LogP contribution in [0.1, 0.15) is 178 Å². The van der Waals surface area contributed by atoms with Crippen LogP contribution in [-0.2, 0) is 38.8 Å². The molecule has 0 amide bonds. The SMILES string of the molecule is CCN1CCC([C@@H](C)[NH3+])CC1.COC(=O)/C(=C(/C)N[C@H](C)C1CCN(CC(F)(F)F)CC1)c1ccccc1Br.COC(=O)C(C(C)=O)c1ccccc1Br.Cc1c(C(=O)CO)c2ccccc2n1[C@H](C)C1CCN(CC(F)(F)F)CC1.Cc1c(C(=O)O)c2ccccc2n1[C@H](C)C1CCN(CC(F)(F)F)CC1.Cc1ccc(S(=O)(=O)O)cc1.Cl.O=C([O-])[C@H](O)c1ccccc1. The van der Waals surface area contributed by atoms with E-state index in [0.29, 0.717) is 128 Å². The number of Topliss-reactive ketones (excluding diaryl/α,β-unsaturated/α-hetero) is 2. The summed E-state index contributed by atoms with van der Waals surface area (Å²) in [5, 5.41) is 42.9. The van der Waals surface area contributed by atoms with Crippen LogP contribution in [0.5, 0.6) is 0 Å². The Kier molecular flexibility index (Phi) is 44.9. The van der Waals surface area contributed by atoms with E-state index in [1.807, 2.05) is 112 Å². The maximum atomic E-state index is 12.6. The Morgan fingerprint density at radius 3 is 1.33 bits per heavy atom. The number of ketones is 2. The number of piperidine rings is 4. The zero-order valence-corrected chi connectivity index (χ0v) is 80.0. The lowest BCUT2D eigenvalue weighted by Gasteiger charge is -2.36. The fourth-order valence-electron chi connectivity index (χ4n) is 16.9. The van der Waals surface area contributed by atoms with Crippen LogP contribution in [0.15, 0.2) is 171 Å². The first kappa shape index (κ1) is 112.